The molecule has 1 aromatic rings. The number of hydrogen-bond donors (Lipinski definition) is 0. The first-order valence-electron chi connectivity index (χ1n) is 6.19. The summed E-state index contributed by atoms with van der Waals surface area (Å²) in [6.07, 6.45) is 1.98. The molecular weight excluding hydrogens is 298 g/mol. The van der Waals surface area contributed by atoms with Gasteiger partial charge in [0.1, 0.15) is 0 Å². The second-order valence-electron chi connectivity index (χ2n) is 4.65. The van der Waals surface area contributed by atoms with Gasteiger partial charge in [-0.3, -0.25) is 9.48 Å². The summed E-state index contributed by atoms with van der Waals surface area (Å²) < 4.78 is 8.13. The van der Waals surface area contributed by atoms with Gasteiger partial charge in [-0.1, -0.05) is 0 Å². The zero-order valence-electron chi connectivity index (χ0n) is 10.9. The number of carbonyl (C=O) groups is 1. The van der Waals surface area contributed by atoms with Gasteiger partial charge in [-0.05, 0) is 36.7 Å². The van der Waals surface area contributed by atoms with Crippen molar-refractivity contribution in [2.45, 2.75) is 39.5 Å². The highest BCUT2D eigenvalue weighted by atomic mass is 79.9. The van der Waals surface area contributed by atoms with E-state index in [1.165, 1.54) is 0 Å². The summed E-state index contributed by atoms with van der Waals surface area (Å²) in [4.78, 5) is 14.2. The molecule has 18 heavy (non-hydrogen) atoms. The van der Waals surface area contributed by atoms with Gasteiger partial charge in [0.25, 0.3) is 5.91 Å². The van der Waals surface area contributed by atoms with E-state index in [0.717, 1.165) is 11.0 Å². The van der Waals surface area contributed by atoms with Gasteiger partial charge in [0.05, 0.1) is 16.7 Å². The molecule has 1 fully saturated rings. The molecule has 2 heterocycles. The largest absolute Gasteiger partial charge is 0.372 e. The first-order chi connectivity index (χ1) is 8.51. The zero-order valence-corrected chi connectivity index (χ0v) is 12.5. The fraction of sp³-hybridized carbons (Fsp3) is 0.667. The maximum Gasteiger partial charge on any atom is 0.275 e. The van der Waals surface area contributed by atoms with Gasteiger partial charge >= 0.3 is 0 Å². The maximum atomic E-state index is 12.4. The number of halogens is 1. The Morgan fingerprint density at radius 1 is 1.50 bits per heavy atom. The Morgan fingerprint density at radius 2 is 2.11 bits per heavy atom. The molecule has 1 amide bonds. The highest BCUT2D eigenvalue weighted by Crippen LogP contribution is 2.19. The van der Waals surface area contributed by atoms with E-state index >= 15 is 0 Å². The van der Waals surface area contributed by atoms with Gasteiger partial charge in [0.15, 0.2) is 5.69 Å². The normalized spacial score (nSPS) is 24.3. The lowest BCUT2D eigenvalue weighted by molar-refractivity contribution is -0.0587. The van der Waals surface area contributed by atoms with Crippen LogP contribution in [0.5, 0.6) is 0 Å². The Hall–Kier alpha value is -0.880. The number of amides is 1. The summed E-state index contributed by atoms with van der Waals surface area (Å²) in [7, 11) is 0. The highest BCUT2D eigenvalue weighted by Gasteiger charge is 2.29. The molecule has 0 spiro atoms. The third-order valence-electron chi connectivity index (χ3n) is 2.95. The topological polar surface area (TPSA) is 47.4 Å². The molecule has 100 valence electrons. The van der Waals surface area contributed by atoms with E-state index in [0.29, 0.717) is 18.8 Å². The molecular formula is C12H18BrN3O2. The molecule has 6 heteroatoms. The molecule has 1 aliphatic rings. The molecule has 0 unspecified atom stereocenters. The van der Waals surface area contributed by atoms with Crippen LogP contribution in [0.4, 0.5) is 0 Å². The van der Waals surface area contributed by atoms with E-state index < -0.39 is 0 Å². The van der Waals surface area contributed by atoms with Crippen LogP contribution in [0.3, 0.4) is 0 Å². The number of hydrogen-bond acceptors (Lipinski definition) is 3. The van der Waals surface area contributed by atoms with Crippen LogP contribution < -0.4 is 0 Å². The number of carbonyl (C=O) groups excluding carboxylic acids is 1. The summed E-state index contributed by atoms with van der Waals surface area (Å²) in [5.41, 5.74) is 0.484. The van der Waals surface area contributed by atoms with E-state index in [4.69, 9.17) is 4.74 Å². The van der Waals surface area contributed by atoms with Crippen molar-refractivity contribution in [3.8, 4) is 0 Å². The van der Waals surface area contributed by atoms with E-state index in [-0.39, 0.29) is 18.1 Å². The van der Waals surface area contributed by atoms with Crippen molar-refractivity contribution in [1.29, 1.82) is 0 Å². The van der Waals surface area contributed by atoms with Crippen molar-refractivity contribution in [2.24, 2.45) is 0 Å². The lowest BCUT2D eigenvalue weighted by Gasteiger charge is -2.34. The lowest BCUT2D eigenvalue weighted by atomic mass is 10.2. The van der Waals surface area contributed by atoms with Crippen molar-refractivity contribution in [2.75, 3.05) is 13.1 Å². The van der Waals surface area contributed by atoms with Gasteiger partial charge in [-0.2, -0.15) is 5.10 Å². The first-order valence-corrected chi connectivity index (χ1v) is 6.98. The Labute approximate surface area is 115 Å². The molecule has 0 bridgehead atoms. The number of rotatable bonds is 2. The number of ether oxygens (including phenoxy) is 1. The summed E-state index contributed by atoms with van der Waals surface area (Å²) in [5.74, 6) is -0.0314. The van der Waals surface area contributed by atoms with Crippen molar-refractivity contribution < 1.29 is 9.53 Å². The fourth-order valence-electron chi connectivity index (χ4n) is 2.20. The average Bonchev–Trinajstić information content (AvgIpc) is 2.68. The minimum Gasteiger partial charge on any atom is -0.372 e. The molecule has 0 saturated carbocycles. The van der Waals surface area contributed by atoms with Crippen molar-refractivity contribution in [1.82, 2.24) is 14.7 Å². The van der Waals surface area contributed by atoms with Gasteiger partial charge in [0.2, 0.25) is 0 Å². The van der Waals surface area contributed by atoms with Gasteiger partial charge in [0, 0.05) is 25.8 Å². The standard InChI is InChI=1S/C12H18BrN3O2/c1-4-16-7-10(13)11(14-16)12(17)15-5-8(2)18-9(3)6-15/h7-9H,4-6H2,1-3H3/t8-,9-/m1/s1. The molecule has 2 atom stereocenters. The van der Waals surface area contributed by atoms with E-state index in [2.05, 4.69) is 21.0 Å². The monoisotopic (exact) mass is 315 g/mol. The SMILES string of the molecule is CCn1cc(Br)c(C(=O)N2C[C@@H](C)O[C@H](C)C2)n1. The fourth-order valence-corrected chi connectivity index (χ4v) is 2.68. The van der Waals surface area contributed by atoms with E-state index in [1.54, 1.807) is 4.68 Å². The van der Waals surface area contributed by atoms with Crippen LogP contribution >= 0.6 is 15.9 Å². The van der Waals surface area contributed by atoms with Crippen LogP contribution in [0, 0.1) is 0 Å². The Kier molecular flexibility index (Phi) is 4.07. The summed E-state index contributed by atoms with van der Waals surface area (Å²) in [5, 5.41) is 4.29. The summed E-state index contributed by atoms with van der Waals surface area (Å²) >= 11 is 3.39. The summed E-state index contributed by atoms with van der Waals surface area (Å²) in [6, 6.07) is 0. The lowest BCUT2D eigenvalue weighted by Crippen LogP contribution is -2.48. The van der Waals surface area contributed by atoms with Crippen LogP contribution in [-0.4, -0.2) is 45.9 Å². The molecule has 0 N–H and O–H groups in total. The molecule has 5 nitrogen and oxygen atoms in total. The second kappa shape index (κ2) is 5.40. The van der Waals surface area contributed by atoms with Gasteiger partial charge < -0.3 is 9.64 Å². The predicted octanol–water partition coefficient (Wildman–Crippen LogP) is 1.91. The minimum absolute atomic E-state index is 0.0314. The minimum atomic E-state index is -0.0314. The van der Waals surface area contributed by atoms with E-state index in [1.807, 2.05) is 31.9 Å². The third-order valence-corrected chi connectivity index (χ3v) is 3.53. The number of aryl methyl sites for hydroxylation is 1. The van der Waals surface area contributed by atoms with Crippen LogP contribution in [-0.2, 0) is 11.3 Å². The third kappa shape index (κ3) is 2.75. The molecule has 1 saturated heterocycles. The number of aromatic nitrogens is 2. The predicted molar refractivity (Wildman–Crippen MR) is 71.5 cm³/mol. The maximum absolute atomic E-state index is 12.4. The molecule has 2 rings (SSSR count). The first kappa shape index (κ1) is 13.5. The number of nitrogens with zero attached hydrogens (tertiary/aromatic N) is 3. The zero-order chi connectivity index (χ0) is 13.3. The van der Waals surface area contributed by atoms with Crippen LogP contribution in [0.2, 0.25) is 0 Å². The van der Waals surface area contributed by atoms with E-state index in [9.17, 15) is 4.79 Å². The van der Waals surface area contributed by atoms with Gasteiger partial charge in [-0.15, -0.1) is 0 Å². The molecule has 0 aliphatic carbocycles. The Balaban J connectivity index is 2.17. The number of morpholine rings is 1. The second-order valence-corrected chi connectivity index (χ2v) is 5.50. The molecule has 0 aromatic carbocycles. The van der Waals surface area contributed by atoms with Gasteiger partial charge in [-0.25, -0.2) is 0 Å². The summed E-state index contributed by atoms with van der Waals surface area (Å²) in [6.45, 7) is 7.95. The van der Waals surface area contributed by atoms with Crippen LogP contribution in [0.25, 0.3) is 0 Å². The quantitative estimate of drug-likeness (QED) is 0.837. The van der Waals surface area contributed by atoms with Crippen molar-refractivity contribution >= 4 is 21.8 Å². The van der Waals surface area contributed by atoms with Crippen LogP contribution in [0.15, 0.2) is 10.7 Å². The van der Waals surface area contributed by atoms with Crippen molar-refractivity contribution in [3.05, 3.63) is 16.4 Å². The Bertz CT molecular complexity index is 437. The molecule has 0 radical (unpaired) electrons. The molecule has 1 aliphatic heterocycles. The smallest absolute Gasteiger partial charge is 0.275 e. The highest BCUT2D eigenvalue weighted by molar-refractivity contribution is 9.10. The molecule has 1 aromatic heterocycles. The average molecular weight is 316 g/mol. The van der Waals surface area contributed by atoms with Crippen LogP contribution in [0.1, 0.15) is 31.3 Å². The Morgan fingerprint density at radius 3 is 2.61 bits per heavy atom. The van der Waals surface area contributed by atoms with Crippen molar-refractivity contribution in [3.63, 3.8) is 0 Å².